The lowest BCUT2D eigenvalue weighted by Crippen LogP contribution is -2.39. The molecule has 1 aromatic heterocycles. The van der Waals surface area contributed by atoms with E-state index in [0.717, 1.165) is 11.4 Å². The number of hydrogen-bond acceptors (Lipinski definition) is 3. The number of rotatable bonds is 6. The summed E-state index contributed by atoms with van der Waals surface area (Å²) in [4.78, 5) is 6.58. The molecule has 4 nitrogen and oxygen atoms in total. The quantitative estimate of drug-likeness (QED) is 0.799. The van der Waals surface area contributed by atoms with Gasteiger partial charge in [-0.2, -0.15) is 0 Å². The summed E-state index contributed by atoms with van der Waals surface area (Å²) in [5.41, 5.74) is 4.40. The van der Waals surface area contributed by atoms with Crippen LogP contribution in [0.5, 0.6) is 0 Å². The van der Waals surface area contributed by atoms with Crippen LogP contribution in [0.15, 0.2) is 42.6 Å². The maximum absolute atomic E-state index is 5.70. The van der Waals surface area contributed by atoms with E-state index in [0.29, 0.717) is 18.3 Å². The molecule has 0 aliphatic heterocycles. The summed E-state index contributed by atoms with van der Waals surface area (Å²) >= 11 is 5.70. The van der Waals surface area contributed by atoms with Crippen molar-refractivity contribution in [1.29, 1.82) is 0 Å². The molecule has 0 aliphatic rings. The van der Waals surface area contributed by atoms with Gasteiger partial charge in [-0.1, -0.05) is 24.3 Å². The Morgan fingerprint density at radius 2 is 1.92 bits per heavy atom. The molecule has 0 radical (unpaired) electrons. The number of pyridine rings is 1. The van der Waals surface area contributed by atoms with Crippen LogP contribution in [0.3, 0.4) is 0 Å². The Balaban J connectivity index is 2.22. The number of ether oxygens (including phenoxy) is 1. The first-order valence-corrected chi connectivity index (χ1v) is 8.49. The molecule has 1 N–H and O–H groups in total. The van der Waals surface area contributed by atoms with E-state index in [9.17, 15) is 0 Å². The lowest BCUT2D eigenvalue weighted by molar-refractivity contribution is 0.164. The van der Waals surface area contributed by atoms with Crippen molar-refractivity contribution in [3.05, 3.63) is 59.4 Å². The van der Waals surface area contributed by atoms with Gasteiger partial charge in [0.2, 0.25) is 0 Å². The predicted molar refractivity (Wildman–Crippen MR) is 103 cm³/mol. The van der Waals surface area contributed by atoms with Crippen molar-refractivity contribution in [2.75, 3.05) is 25.6 Å². The molecule has 0 saturated heterocycles. The van der Waals surface area contributed by atoms with E-state index >= 15 is 0 Å². The van der Waals surface area contributed by atoms with Gasteiger partial charge in [-0.15, -0.1) is 0 Å². The van der Waals surface area contributed by atoms with Crippen LogP contribution in [-0.2, 0) is 4.74 Å². The van der Waals surface area contributed by atoms with Gasteiger partial charge in [0.05, 0.1) is 18.3 Å². The first kappa shape index (κ1) is 18.4. The number of aryl methyl sites for hydroxylation is 2. The fraction of sp³-hybridized carbons (Fsp3) is 0.368. The Labute approximate surface area is 149 Å². The Bertz CT molecular complexity index is 655. The van der Waals surface area contributed by atoms with E-state index in [4.69, 9.17) is 17.0 Å². The third-order valence-corrected chi connectivity index (χ3v) is 4.43. The number of para-hydroxylation sites is 1. The average molecular weight is 343 g/mol. The zero-order chi connectivity index (χ0) is 17.5. The van der Waals surface area contributed by atoms with Gasteiger partial charge in [0.15, 0.2) is 5.11 Å². The second kappa shape index (κ2) is 8.76. The number of aromatic nitrogens is 1. The van der Waals surface area contributed by atoms with Crippen LogP contribution in [0.2, 0.25) is 0 Å². The van der Waals surface area contributed by atoms with Crippen LogP contribution in [0.25, 0.3) is 0 Å². The van der Waals surface area contributed by atoms with Gasteiger partial charge in [-0.3, -0.25) is 4.98 Å². The zero-order valence-electron chi connectivity index (χ0n) is 14.7. The standard InChI is InChI=1S/C19H25N3OS/c1-14-8-7-9-15(2)18(14)21-19(24)22(12-13-23-4)16(3)17-10-5-6-11-20-17/h5-11,16H,12-13H2,1-4H3,(H,21,24)/t16-/m1/s1. The molecule has 0 fully saturated rings. The van der Waals surface area contributed by atoms with E-state index in [2.05, 4.69) is 54.2 Å². The molecule has 24 heavy (non-hydrogen) atoms. The number of benzene rings is 1. The number of methoxy groups -OCH3 is 1. The summed E-state index contributed by atoms with van der Waals surface area (Å²) in [7, 11) is 1.70. The molecule has 0 spiro atoms. The monoisotopic (exact) mass is 343 g/mol. The normalized spacial score (nSPS) is 11.8. The maximum Gasteiger partial charge on any atom is 0.174 e. The molecule has 0 saturated carbocycles. The number of hydrogen-bond donors (Lipinski definition) is 1. The lowest BCUT2D eigenvalue weighted by Gasteiger charge is -2.32. The van der Waals surface area contributed by atoms with E-state index in [-0.39, 0.29) is 6.04 Å². The molecule has 0 amide bonds. The molecule has 2 rings (SSSR count). The molecule has 1 heterocycles. The van der Waals surface area contributed by atoms with Gasteiger partial charge in [-0.05, 0) is 56.2 Å². The minimum absolute atomic E-state index is 0.0608. The number of thiocarbonyl (C=S) groups is 1. The first-order valence-electron chi connectivity index (χ1n) is 8.08. The Morgan fingerprint density at radius 1 is 1.21 bits per heavy atom. The average Bonchev–Trinajstić information content (AvgIpc) is 2.59. The summed E-state index contributed by atoms with van der Waals surface area (Å²) in [6.07, 6.45) is 1.81. The second-order valence-electron chi connectivity index (χ2n) is 5.81. The SMILES string of the molecule is COCCN(C(=S)Nc1c(C)cccc1C)[C@H](C)c1ccccn1. The largest absolute Gasteiger partial charge is 0.383 e. The smallest absolute Gasteiger partial charge is 0.174 e. The summed E-state index contributed by atoms with van der Waals surface area (Å²) < 4.78 is 5.26. The third kappa shape index (κ3) is 4.52. The van der Waals surface area contributed by atoms with E-state index in [1.807, 2.05) is 24.4 Å². The topological polar surface area (TPSA) is 37.4 Å². The van der Waals surface area contributed by atoms with Crippen LogP contribution in [0.1, 0.15) is 29.8 Å². The first-order chi connectivity index (χ1) is 11.5. The summed E-state index contributed by atoms with van der Waals surface area (Å²) in [6.45, 7) is 7.58. The molecular weight excluding hydrogens is 318 g/mol. The van der Waals surface area contributed by atoms with Crippen molar-refractivity contribution < 1.29 is 4.74 Å². The molecule has 0 bridgehead atoms. The minimum atomic E-state index is 0.0608. The summed E-state index contributed by atoms with van der Waals surface area (Å²) in [6, 6.07) is 12.2. The van der Waals surface area contributed by atoms with Gasteiger partial charge < -0.3 is 15.0 Å². The van der Waals surface area contributed by atoms with Crippen LogP contribution in [-0.4, -0.2) is 35.3 Å². The maximum atomic E-state index is 5.70. The highest BCUT2D eigenvalue weighted by Gasteiger charge is 2.20. The van der Waals surface area contributed by atoms with Gasteiger partial charge in [0.25, 0.3) is 0 Å². The second-order valence-corrected chi connectivity index (χ2v) is 6.20. The van der Waals surface area contributed by atoms with Crippen molar-refractivity contribution in [3.8, 4) is 0 Å². The van der Waals surface area contributed by atoms with Crippen molar-refractivity contribution >= 4 is 23.0 Å². The van der Waals surface area contributed by atoms with Crippen LogP contribution in [0, 0.1) is 13.8 Å². The molecule has 128 valence electrons. The van der Waals surface area contributed by atoms with Crippen molar-refractivity contribution in [2.24, 2.45) is 0 Å². The van der Waals surface area contributed by atoms with Crippen molar-refractivity contribution in [2.45, 2.75) is 26.8 Å². The van der Waals surface area contributed by atoms with Crippen molar-refractivity contribution in [1.82, 2.24) is 9.88 Å². The van der Waals surface area contributed by atoms with Crippen LogP contribution in [0.4, 0.5) is 5.69 Å². The van der Waals surface area contributed by atoms with Gasteiger partial charge in [0.1, 0.15) is 0 Å². The highest BCUT2D eigenvalue weighted by molar-refractivity contribution is 7.80. The Kier molecular flexibility index (Phi) is 6.70. The van der Waals surface area contributed by atoms with E-state index in [1.165, 1.54) is 11.1 Å². The predicted octanol–water partition coefficient (Wildman–Crippen LogP) is 4.10. The van der Waals surface area contributed by atoms with Crippen molar-refractivity contribution in [3.63, 3.8) is 0 Å². The van der Waals surface area contributed by atoms with Crippen LogP contribution < -0.4 is 5.32 Å². The highest BCUT2D eigenvalue weighted by Crippen LogP contribution is 2.23. The number of anilines is 1. The fourth-order valence-corrected chi connectivity index (χ4v) is 2.99. The highest BCUT2D eigenvalue weighted by atomic mass is 32.1. The van der Waals surface area contributed by atoms with Gasteiger partial charge in [-0.25, -0.2) is 0 Å². The molecule has 2 aromatic rings. The molecule has 1 atom stereocenters. The molecule has 0 aliphatic carbocycles. The molecule has 5 heteroatoms. The third-order valence-electron chi connectivity index (χ3n) is 4.09. The molecule has 1 aromatic carbocycles. The van der Waals surface area contributed by atoms with Gasteiger partial charge >= 0.3 is 0 Å². The number of nitrogens with one attached hydrogen (secondary N) is 1. The summed E-state index contributed by atoms with van der Waals surface area (Å²) in [5.74, 6) is 0. The molecular formula is C19H25N3OS. The number of nitrogens with zero attached hydrogens (tertiary/aromatic N) is 2. The lowest BCUT2D eigenvalue weighted by atomic mass is 10.1. The van der Waals surface area contributed by atoms with E-state index < -0.39 is 0 Å². The Hall–Kier alpha value is -1.98. The fourth-order valence-electron chi connectivity index (χ4n) is 2.63. The summed E-state index contributed by atoms with van der Waals surface area (Å²) in [5, 5.41) is 4.10. The minimum Gasteiger partial charge on any atom is -0.383 e. The van der Waals surface area contributed by atoms with E-state index in [1.54, 1.807) is 7.11 Å². The Morgan fingerprint density at radius 3 is 2.50 bits per heavy atom. The van der Waals surface area contributed by atoms with Crippen LogP contribution >= 0.6 is 12.2 Å². The molecule has 0 unspecified atom stereocenters. The zero-order valence-corrected chi connectivity index (χ0v) is 15.6. The van der Waals surface area contributed by atoms with Gasteiger partial charge in [0, 0.05) is 25.5 Å².